The summed E-state index contributed by atoms with van der Waals surface area (Å²) >= 11 is 0. The zero-order valence-corrected chi connectivity index (χ0v) is 17.7. The van der Waals surface area contributed by atoms with E-state index in [-0.39, 0.29) is 6.10 Å². The van der Waals surface area contributed by atoms with Crippen molar-refractivity contribution in [3.8, 4) is 16.9 Å². The largest absolute Gasteiger partial charge is 0.485 e. The molecule has 0 radical (unpaired) electrons. The molecule has 5 heteroatoms. The van der Waals surface area contributed by atoms with Crippen LogP contribution in [0.5, 0.6) is 5.75 Å². The van der Waals surface area contributed by atoms with Crippen LogP contribution in [0.3, 0.4) is 0 Å². The molecule has 2 aliphatic rings. The molecular formula is C26H26N4O. The van der Waals surface area contributed by atoms with Gasteiger partial charge in [0.1, 0.15) is 29.6 Å². The summed E-state index contributed by atoms with van der Waals surface area (Å²) in [5, 5.41) is 0.942. The van der Waals surface area contributed by atoms with Gasteiger partial charge in [-0.25, -0.2) is 9.97 Å². The molecule has 1 atom stereocenters. The summed E-state index contributed by atoms with van der Waals surface area (Å²) in [7, 11) is 0. The van der Waals surface area contributed by atoms with Crippen LogP contribution in [0.2, 0.25) is 0 Å². The highest BCUT2D eigenvalue weighted by Gasteiger charge is 2.30. The van der Waals surface area contributed by atoms with Gasteiger partial charge in [-0.05, 0) is 54.4 Å². The van der Waals surface area contributed by atoms with Gasteiger partial charge in [-0.15, -0.1) is 0 Å². The number of hydrogen-bond acceptors (Lipinski definition) is 4. The topological polar surface area (TPSA) is 66.0 Å². The Kier molecular flexibility index (Phi) is 4.23. The highest BCUT2D eigenvalue weighted by molar-refractivity contribution is 6.00. The van der Waals surface area contributed by atoms with Crippen LogP contribution in [0.15, 0.2) is 61.1 Å². The van der Waals surface area contributed by atoms with E-state index in [4.69, 9.17) is 10.5 Å². The lowest BCUT2D eigenvalue weighted by atomic mass is 9.82. The summed E-state index contributed by atoms with van der Waals surface area (Å²) in [6, 6.07) is 17.5. The molecule has 4 aromatic rings. The molecule has 2 N–H and O–H groups in total. The number of nitrogens with two attached hydrogens (primary N) is 1. The summed E-state index contributed by atoms with van der Waals surface area (Å²) in [6.07, 6.45) is 8.25. The number of nitrogen functional groups attached to an aromatic ring is 1. The average Bonchev–Trinajstić information content (AvgIpc) is 3.17. The molecule has 0 amide bonds. The minimum absolute atomic E-state index is 0.0927. The Balaban J connectivity index is 1.42. The molecule has 1 saturated carbocycles. The molecule has 0 unspecified atom stereocenters. The van der Waals surface area contributed by atoms with Gasteiger partial charge in [-0.1, -0.05) is 49.4 Å². The molecule has 0 bridgehead atoms. The van der Waals surface area contributed by atoms with E-state index in [0.717, 1.165) is 46.7 Å². The Labute approximate surface area is 181 Å². The van der Waals surface area contributed by atoms with Gasteiger partial charge in [0.15, 0.2) is 0 Å². The average molecular weight is 411 g/mol. The number of aryl methyl sites for hydroxylation is 1. The monoisotopic (exact) mass is 410 g/mol. The Morgan fingerprint density at radius 1 is 1.06 bits per heavy atom. The molecule has 1 aliphatic heterocycles. The molecule has 2 aromatic carbocycles. The number of anilines is 1. The number of benzene rings is 2. The van der Waals surface area contributed by atoms with Crippen LogP contribution >= 0.6 is 0 Å². The van der Waals surface area contributed by atoms with E-state index in [1.807, 2.05) is 6.07 Å². The van der Waals surface area contributed by atoms with Gasteiger partial charge in [0.25, 0.3) is 0 Å². The lowest BCUT2D eigenvalue weighted by molar-refractivity contribution is 0.177. The molecule has 1 aliphatic carbocycles. The van der Waals surface area contributed by atoms with Gasteiger partial charge in [0.2, 0.25) is 0 Å². The maximum atomic E-state index is 6.45. The first-order valence-corrected chi connectivity index (χ1v) is 11.1. The summed E-state index contributed by atoms with van der Waals surface area (Å²) in [6.45, 7) is 2.30. The summed E-state index contributed by atoms with van der Waals surface area (Å²) in [4.78, 5) is 8.88. The third kappa shape index (κ3) is 3.07. The number of aromatic nitrogens is 3. The third-order valence-corrected chi connectivity index (χ3v) is 6.88. The minimum Gasteiger partial charge on any atom is -0.485 e. The van der Waals surface area contributed by atoms with Crippen molar-refractivity contribution < 1.29 is 4.74 Å². The Hall–Kier alpha value is -3.34. The Bertz CT molecular complexity index is 1260. The minimum atomic E-state index is 0.0927. The molecule has 0 saturated heterocycles. The number of ether oxygens (including phenoxy) is 1. The fourth-order valence-corrected chi connectivity index (χ4v) is 5.13. The van der Waals surface area contributed by atoms with E-state index in [9.17, 15) is 0 Å². The smallest absolute Gasteiger partial charge is 0.146 e. The van der Waals surface area contributed by atoms with E-state index in [2.05, 4.69) is 70.1 Å². The molecule has 3 heterocycles. The number of fused-ring (bicyclic) bond motifs is 2. The molecule has 5 nitrogen and oxygen atoms in total. The number of rotatable bonds is 3. The predicted octanol–water partition coefficient (Wildman–Crippen LogP) is 5.72. The second-order valence-electron chi connectivity index (χ2n) is 9.02. The SMILES string of the molecule is CC1CC(n2cc(-c3ccc4c(c3)O[C@@H](c3ccccc3)CC4)c3c(N)ncnc32)C1. The highest BCUT2D eigenvalue weighted by atomic mass is 16.5. The highest BCUT2D eigenvalue weighted by Crippen LogP contribution is 2.44. The van der Waals surface area contributed by atoms with Crippen molar-refractivity contribution in [1.29, 1.82) is 0 Å². The van der Waals surface area contributed by atoms with Gasteiger partial charge < -0.3 is 15.0 Å². The molecule has 6 rings (SSSR count). The van der Waals surface area contributed by atoms with Crippen LogP contribution in [0.1, 0.15) is 49.5 Å². The van der Waals surface area contributed by atoms with Crippen molar-refractivity contribution in [3.05, 3.63) is 72.2 Å². The fourth-order valence-electron chi connectivity index (χ4n) is 5.13. The second kappa shape index (κ2) is 7.12. The number of nitrogens with zero attached hydrogens (tertiary/aromatic N) is 3. The van der Waals surface area contributed by atoms with E-state index in [1.54, 1.807) is 6.33 Å². The van der Waals surface area contributed by atoms with Crippen LogP contribution in [0.25, 0.3) is 22.2 Å². The second-order valence-corrected chi connectivity index (χ2v) is 9.02. The zero-order valence-electron chi connectivity index (χ0n) is 17.7. The molecule has 2 aromatic heterocycles. The normalized spacial score (nSPS) is 22.5. The van der Waals surface area contributed by atoms with Crippen LogP contribution in [-0.2, 0) is 6.42 Å². The maximum absolute atomic E-state index is 6.45. The lowest BCUT2D eigenvalue weighted by Crippen LogP contribution is -2.24. The zero-order chi connectivity index (χ0) is 20.9. The van der Waals surface area contributed by atoms with Crippen molar-refractivity contribution in [2.45, 2.75) is 44.8 Å². The van der Waals surface area contributed by atoms with Crippen molar-refractivity contribution in [2.75, 3.05) is 5.73 Å². The van der Waals surface area contributed by atoms with Crippen molar-refractivity contribution in [2.24, 2.45) is 5.92 Å². The van der Waals surface area contributed by atoms with E-state index >= 15 is 0 Å². The van der Waals surface area contributed by atoms with Crippen molar-refractivity contribution >= 4 is 16.9 Å². The van der Waals surface area contributed by atoms with Gasteiger partial charge in [0.05, 0.1) is 5.39 Å². The van der Waals surface area contributed by atoms with Gasteiger partial charge >= 0.3 is 0 Å². The third-order valence-electron chi connectivity index (χ3n) is 6.88. The van der Waals surface area contributed by atoms with E-state index < -0.39 is 0 Å². The van der Waals surface area contributed by atoms with Gasteiger partial charge in [0, 0.05) is 17.8 Å². The Morgan fingerprint density at radius 2 is 1.90 bits per heavy atom. The summed E-state index contributed by atoms with van der Waals surface area (Å²) in [5.41, 5.74) is 11.9. The van der Waals surface area contributed by atoms with Crippen LogP contribution in [-0.4, -0.2) is 14.5 Å². The van der Waals surface area contributed by atoms with E-state index in [0.29, 0.717) is 11.9 Å². The standard InChI is InChI=1S/C26H26N4O/c1-16-11-20(12-16)30-14-21(24-25(27)28-15-29-26(24)30)19-8-7-18-9-10-22(31-23(18)13-19)17-5-3-2-4-6-17/h2-8,13-16,20,22H,9-12H2,1H3,(H2,27,28,29)/t16?,20?,22-/m1/s1. The van der Waals surface area contributed by atoms with Gasteiger partial charge in [-0.3, -0.25) is 0 Å². The molecule has 31 heavy (non-hydrogen) atoms. The van der Waals surface area contributed by atoms with Crippen LogP contribution < -0.4 is 10.5 Å². The fraction of sp³-hybridized carbons (Fsp3) is 0.308. The quantitative estimate of drug-likeness (QED) is 0.469. The van der Waals surface area contributed by atoms with Crippen LogP contribution in [0.4, 0.5) is 5.82 Å². The molecule has 0 spiro atoms. The molecule has 1 fully saturated rings. The molecule has 156 valence electrons. The maximum Gasteiger partial charge on any atom is 0.146 e. The van der Waals surface area contributed by atoms with Crippen molar-refractivity contribution in [1.82, 2.24) is 14.5 Å². The lowest BCUT2D eigenvalue weighted by Gasteiger charge is -2.34. The first-order chi connectivity index (χ1) is 15.2. The molecular weight excluding hydrogens is 384 g/mol. The predicted molar refractivity (Wildman–Crippen MR) is 123 cm³/mol. The van der Waals surface area contributed by atoms with Crippen molar-refractivity contribution in [3.63, 3.8) is 0 Å². The van der Waals surface area contributed by atoms with Crippen LogP contribution in [0, 0.1) is 5.92 Å². The first kappa shape index (κ1) is 18.4. The summed E-state index contributed by atoms with van der Waals surface area (Å²) in [5.74, 6) is 2.26. The Morgan fingerprint density at radius 3 is 2.71 bits per heavy atom. The number of hydrogen-bond donors (Lipinski definition) is 1. The summed E-state index contributed by atoms with van der Waals surface area (Å²) < 4.78 is 8.76. The van der Waals surface area contributed by atoms with E-state index in [1.165, 1.54) is 24.0 Å². The van der Waals surface area contributed by atoms with Gasteiger partial charge in [-0.2, -0.15) is 0 Å². The first-order valence-electron chi connectivity index (χ1n) is 11.1.